The number of carbonyl (C=O) groups excluding carboxylic acids is 1. The number of carbonyl (C=O) groups is 1. The van der Waals surface area contributed by atoms with E-state index in [0.29, 0.717) is 18.4 Å². The lowest BCUT2D eigenvalue weighted by atomic mass is 10.1. The van der Waals surface area contributed by atoms with E-state index in [1.165, 1.54) is 23.5 Å². The lowest BCUT2D eigenvalue weighted by Crippen LogP contribution is -2.26. The Balaban J connectivity index is 2.06. The van der Waals surface area contributed by atoms with Gasteiger partial charge in [-0.2, -0.15) is 0 Å². The van der Waals surface area contributed by atoms with Crippen LogP contribution in [-0.4, -0.2) is 25.7 Å². The highest BCUT2D eigenvalue weighted by molar-refractivity contribution is 7.89. The van der Waals surface area contributed by atoms with Gasteiger partial charge in [0.25, 0.3) is 0 Å². The van der Waals surface area contributed by atoms with Crippen molar-refractivity contribution in [2.45, 2.75) is 24.7 Å². The molecule has 7 heteroatoms. The maximum Gasteiger partial charge on any atom is 0.240 e. The largest absolute Gasteiger partial charge is 0.294 e. The van der Waals surface area contributed by atoms with Crippen LogP contribution in [0.3, 0.4) is 0 Å². The second-order valence-electron chi connectivity index (χ2n) is 4.43. The van der Waals surface area contributed by atoms with Gasteiger partial charge in [0.2, 0.25) is 10.0 Å². The number of thiazole rings is 1. The second kappa shape index (κ2) is 6.93. The summed E-state index contributed by atoms with van der Waals surface area (Å²) in [7, 11) is -3.60. The molecule has 0 bridgehead atoms. The predicted octanol–water partition coefficient (Wildman–Crippen LogP) is 2.26. The zero-order chi connectivity index (χ0) is 15.3. The number of hydrogen-bond donors (Lipinski definition) is 1. The van der Waals surface area contributed by atoms with Crippen LogP contribution in [0.25, 0.3) is 0 Å². The molecule has 0 unspecified atom stereocenters. The van der Waals surface area contributed by atoms with Gasteiger partial charge >= 0.3 is 0 Å². The molecule has 5 nitrogen and oxygen atoms in total. The van der Waals surface area contributed by atoms with Gasteiger partial charge in [0.1, 0.15) is 0 Å². The maximum atomic E-state index is 12.2. The van der Waals surface area contributed by atoms with Gasteiger partial charge in [-0.15, -0.1) is 11.3 Å². The highest BCUT2D eigenvalue weighted by atomic mass is 32.2. The summed E-state index contributed by atoms with van der Waals surface area (Å²) in [6.07, 6.45) is 0.886. The number of nitrogens with zero attached hydrogens (tertiary/aromatic N) is 1. The van der Waals surface area contributed by atoms with Gasteiger partial charge in [-0.05, 0) is 12.1 Å². The Hall–Kier alpha value is -1.57. The first-order valence-electron chi connectivity index (χ1n) is 6.53. The lowest BCUT2D eigenvalue weighted by Gasteiger charge is -2.07. The fraction of sp³-hybridized carbons (Fsp3) is 0.286. The van der Waals surface area contributed by atoms with Crippen molar-refractivity contribution in [3.05, 3.63) is 46.4 Å². The minimum atomic E-state index is -3.60. The molecule has 0 atom stereocenters. The summed E-state index contributed by atoms with van der Waals surface area (Å²) in [5.74, 6) is -0.0745. The Morgan fingerprint density at radius 1 is 1.38 bits per heavy atom. The third-order valence-electron chi connectivity index (χ3n) is 2.94. The average molecular weight is 324 g/mol. The molecule has 0 aliphatic rings. The molecule has 0 aliphatic heterocycles. The summed E-state index contributed by atoms with van der Waals surface area (Å²) in [4.78, 5) is 15.8. The predicted molar refractivity (Wildman–Crippen MR) is 82.1 cm³/mol. The van der Waals surface area contributed by atoms with Crippen LogP contribution in [0.2, 0.25) is 0 Å². The Morgan fingerprint density at radius 3 is 2.86 bits per heavy atom. The van der Waals surface area contributed by atoms with Crippen LogP contribution in [0.4, 0.5) is 0 Å². The molecule has 0 spiro atoms. The smallest absolute Gasteiger partial charge is 0.240 e. The van der Waals surface area contributed by atoms with E-state index in [1.54, 1.807) is 24.6 Å². The number of rotatable bonds is 7. The van der Waals surface area contributed by atoms with Gasteiger partial charge in [0.15, 0.2) is 5.78 Å². The summed E-state index contributed by atoms with van der Waals surface area (Å²) >= 11 is 1.48. The number of hydrogen-bond acceptors (Lipinski definition) is 5. The van der Waals surface area contributed by atoms with Crippen molar-refractivity contribution < 1.29 is 13.2 Å². The van der Waals surface area contributed by atoms with E-state index in [0.717, 1.165) is 5.69 Å². The summed E-state index contributed by atoms with van der Waals surface area (Å²) < 4.78 is 26.9. The summed E-state index contributed by atoms with van der Waals surface area (Å²) in [5, 5.41) is 1.88. The number of Topliss-reactive ketones (excluding diaryl/α,β-unsaturated/α-hetero) is 1. The van der Waals surface area contributed by atoms with Crippen LogP contribution < -0.4 is 4.72 Å². The van der Waals surface area contributed by atoms with Crippen LogP contribution in [0.5, 0.6) is 0 Å². The molecule has 1 N–H and O–H groups in total. The van der Waals surface area contributed by atoms with Crippen molar-refractivity contribution in [2.24, 2.45) is 0 Å². The summed E-state index contributed by atoms with van der Waals surface area (Å²) in [6, 6.07) is 6.10. The van der Waals surface area contributed by atoms with Gasteiger partial charge in [-0.1, -0.05) is 19.1 Å². The van der Waals surface area contributed by atoms with E-state index in [1.807, 2.05) is 5.38 Å². The Bertz CT molecular complexity index is 710. The van der Waals surface area contributed by atoms with E-state index >= 15 is 0 Å². The highest BCUT2D eigenvalue weighted by Gasteiger charge is 2.15. The normalized spacial score (nSPS) is 11.5. The quantitative estimate of drug-likeness (QED) is 0.793. The van der Waals surface area contributed by atoms with Crippen molar-refractivity contribution >= 4 is 27.1 Å². The molecule has 0 saturated carbocycles. The van der Waals surface area contributed by atoms with Gasteiger partial charge in [0.05, 0.1) is 16.1 Å². The van der Waals surface area contributed by atoms with Crippen molar-refractivity contribution in [3.8, 4) is 0 Å². The number of aromatic nitrogens is 1. The van der Waals surface area contributed by atoms with Crippen molar-refractivity contribution in [2.75, 3.05) is 6.54 Å². The molecule has 1 aromatic carbocycles. The number of nitrogens with one attached hydrogen (secondary N) is 1. The molecule has 112 valence electrons. The molecular formula is C14H16N2O3S2. The zero-order valence-corrected chi connectivity index (χ0v) is 13.2. The van der Waals surface area contributed by atoms with Crippen LogP contribution in [0.1, 0.15) is 29.4 Å². The molecule has 0 amide bonds. The van der Waals surface area contributed by atoms with E-state index < -0.39 is 10.0 Å². The first-order valence-corrected chi connectivity index (χ1v) is 8.95. The number of sulfonamides is 1. The van der Waals surface area contributed by atoms with E-state index in [-0.39, 0.29) is 17.2 Å². The molecular weight excluding hydrogens is 308 g/mol. The summed E-state index contributed by atoms with van der Waals surface area (Å²) in [6.45, 7) is 2.02. The van der Waals surface area contributed by atoms with Gasteiger partial charge in [-0.3, -0.25) is 4.79 Å². The monoisotopic (exact) mass is 324 g/mol. The standard InChI is InChI=1S/C14H16N2O3S2/c1-2-14(17)11-4-3-5-13(8-11)21(18,19)16-7-6-12-9-20-10-15-12/h3-5,8-10,16H,2,6-7H2,1H3. The van der Waals surface area contributed by atoms with Crippen molar-refractivity contribution in [3.63, 3.8) is 0 Å². The Morgan fingerprint density at radius 2 is 2.19 bits per heavy atom. The molecule has 1 aromatic heterocycles. The van der Waals surface area contributed by atoms with E-state index in [2.05, 4.69) is 9.71 Å². The minimum absolute atomic E-state index is 0.0745. The van der Waals surface area contributed by atoms with Gasteiger partial charge in [0, 0.05) is 30.3 Å². The topological polar surface area (TPSA) is 76.1 Å². The Labute approximate surface area is 128 Å². The highest BCUT2D eigenvalue weighted by Crippen LogP contribution is 2.13. The zero-order valence-electron chi connectivity index (χ0n) is 11.6. The fourth-order valence-corrected chi connectivity index (χ4v) is 3.47. The second-order valence-corrected chi connectivity index (χ2v) is 6.92. The molecule has 1 heterocycles. The lowest BCUT2D eigenvalue weighted by molar-refractivity contribution is 0.0988. The average Bonchev–Trinajstić information content (AvgIpc) is 2.99. The minimum Gasteiger partial charge on any atom is -0.294 e. The van der Waals surface area contributed by atoms with Crippen LogP contribution in [0.15, 0.2) is 40.1 Å². The van der Waals surface area contributed by atoms with Gasteiger partial charge < -0.3 is 0 Å². The van der Waals surface area contributed by atoms with Crippen LogP contribution in [-0.2, 0) is 16.4 Å². The number of benzene rings is 1. The van der Waals surface area contributed by atoms with Gasteiger partial charge in [-0.25, -0.2) is 18.1 Å². The molecule has 21 heavy (non-hydrogen) atoms. The van der Waals surface area contributed by atoms with Crippen LogP contribution >= 0.6 is 11.3 Å². The molecule has 0 fully saturated rings. The van der Waals surface area contributed by atoms with E-state index in [4.69, 9.17) is 0 Å². The SMILES string of the molecule is CCC(=O)c1cccc(S(=O)(=O)NCCc2cscn2)c1. The fourth-order valence-electron chi connectivity index (χ4n) is 1.80. The van der Waals surface area contributed by atoms with Crippen LogP contribution in [0, 0.1) is 0 Å². The number of ketones is 1. The molecule has 0 radical (unpaired) electrons. The summed E-state index contributed by atoms with van der Waals surface area (Å²) in [5.41, 5.74) is 2.99. The molecule has 0 aliphatic carbocycles. The van der Waals surface area contributed by atoms with E-state index in [9.17, 15) is 13.2 Å². The molecule has 2 aromatic rings. The third kappa shape index (κ3) is 4.20. The molecule has 0 saturated heterocycles. The Kier molecular flexibility index (Phi) is 5.22. The van der Waals surface area contributed by atoms with Crippen molar-refractivity contribution in [1.82, 2.24) is 9.71 Å². The van der Waals surface area contributed by atoms with Crippen molar-refractivity contribution in [1.29, 1.82) is 0 Å². The maximum absolute atomic E-state index is 12.2. The third-order valence-corrected chi connectivity index (χ3v) is 5.04. The first-order chi connectivity index (χ1) is 10.0. The molecule has 2 rings (SSSR count). The first kappa shape index (κ1) is 15.8.